The van der Waals surface area contributed by atoms with Crippen molar-refractivity contribution in [1.29, 1.82) is 0 Å². The lowest BCUT2D eigenvalue weighted by molar-refractivity contribution is -0.137. The molecule has 1 atom stereocenters. The number of amides is 1. The topological polar surface area (TPSA) is 66.8 Å². The number of hydrogen-bond acceptors (Lipinski definition) is 5. The van der Waals surface area contributed by atoms with E-state index in [9.17, 15) is 27.9 Å². The van der Waals surface area contributed by atoms with Crippen molar-refractivity contribution in [2.75, 3.05) is 7.11 Å². The Balaban J connectivity index is 1.77. The Morgan fingerprint density at radius 2 is 1.85 bits per heavy atom. The number of aliphatic hydroxyl groups is 1. The first kappa shape index (κ1) is 22.6. The molecule has 4 rings (SSSR count). The molecule has 1 unspecified atom stereocenters. The summed E-state index contributed by atoms with van der Waals surface area (Å²) in [5.41, 5.74) is -0.228. The van der Waals surface area contributed by atoms with Gasteiger partial charge in [-0.15, -0.1) is 11.3 Å². The predicted octanol–water partition coefficient (Wildman–Crippen LogP) is 5.55. The highest BCUT2D eigenvalue weighted by atomic mass is 32.1. The smallest absolute Gasteiger partial charge is 0.416 e. The number of nitrogens with zero attached hydrogens (tertiary/aromatic N) is 1. The molecule has 0 bridgehead atoms. The lowest BCUT2D eigenvalue weighted by Gasteiger charge is -2.27. The molecule has 1 aliphatic heterocycles. The fraction of sp³-hybridized carbons (Fsp3) is 0.167. The molecule has 2 aromatic carbocycles. The Hall–Kier alpha value is -3.59. The number of carbonyl (C=O) groups excluding carboxylic acids is 2. The van der Waals surface area contributed by atoms with Crippen LogP contribution >= 0.6 is 11.3 Å². The molecule has 9 heteroatoms. The number of halogens is 3. The lowest BCUT2D eigenvalue weighted by atomic mass is 9.95. The standard InChI is InChI=1S/C24H18F3NO4S/c1-32-17-9-7-15(8-10-17)20-19(21(29)18-6-3-11-33-18)22(30)23(31)28(20)13-14-4-2-5-16(12-14)24(25,26)27/h2-12,20,30H,13H2,1H3. The first-order chi connectivity index (χ1) is 15.7. The van der Waals surface area contributed by atoms with Gasteiger partial charge >= 0.3 is 6.18 Å². The first-order valence-corrected chi connectivity index (χ1v) is 10.7. The molecule has 170 valence electrons. The van der Waals surface area contributed by atoms with Gasteiger partial charge in [0, 0.05) is 6.54 Å². The predicted molar refractivity (Wildman–Crippen MR) is 116 cm³/mol. The van der Waals surface area contributed by atoms with E-state index < -0.39 is 35.2 Å². The summed E-state index contributed by atoms with van der Waals surface area (Å²) in [6.45, 7) is -0.231. The van der Waals surface area contributed by atoms with Gasteiger partial charge in [0.15, 0.2) is 5.76 Å². The van der Waals surface area contributed by atoms with Gasteiger partial charge in [-0.05, 0) is 46.8 Å². The average molecular weight is 473 g/mol. The minimum atomic E-state index is -4.54. The molecule has 0 spiro atoms. The maximum absolute atomic E-state index is 13.2. The second-order valence-electron chi connectivity index (χ2n) is 7.38. The Morgan fingerprint density at radius 3 is 2.45 bits per heavy atom. The number of carbonyl (C=O) groups is 2. The molecule has 2 heterocycles. The van der Waals surface area contributed by atoms with Crippen molar-refractivity contribution in [2.45, 2.75) is 18.8 Å². The van der Waals surface area contributed by atoms with Gasteiger partial charge in [0.1, 0.15) is 5.75 Å². The van der Waals surface area contributed by atoms with E-state index in [1.54, 1.807) is 41.8 Å². The summed E-state index contributed by atoms with van der Waals surface area (Å²) in [6, 6.07) is 13.5. The van der Waals surface area contributed by atoms with Crippen LogP contribution in [0, 0.1) is 0 Å². The van der Waals surface area contributed by atoms with Crippen molar-refractivity contribution in [3.8, 4) is 5.75 Å². The minimum absolute atomic E-state index is 0.111. The molecule has 1 aliphatic rings. The molecule has 0 aliphatic carbocycles. The van der Waals surface area contributed by atoms with Gasteiger partial charge in [-0.2, -0.15) is 13.2 Å². The van der Waals surface area contributed by atoms with Crippen LogP contribution in [0.15, 0.2) is 77.4 Å². The number of hydrogen-bond donors (Lipinski definition) is 1. The van der Waals surface area contributed by atoms with Crippen molar-refractivity contribution in [3.05, 3.63) is 98.9 Å². The highest BCUT2D eigenvalue weighted by molar-refractivity contribution is 7.12. The lowest BCUT2D eigenvalue weighted by Crippen LogP contribution is -2.30. The highest BCUT2D eigenvalue weighted by Gasteiger charge is 2.44. The number of alkyl halides is 3. The van der Waals surface area contributed by atoms with Crippen molar-refractivity contribution in [3.63, 3.8) is 0 Å². The minimum Gasteiger partial charge on any atom is -0.503 e. The summed E-state index contributed by atoms with van der Waals surface area (Å²) >= 11 is 1.16. The zero-order valence-electron chi connectivity index (χ0n) is 17.3. The summed E-state index contributed by atoms with van der Waals surface area (Å²) < 4.78 is 44.7. The van der Waals surface area contributed by atoms with Crippen molar-refractivity contribution < 1.29 is 32.6 Å². The van der Waals surface area contributed by atoms with Crippen LogP contribution in [0.5, 0.6) is 5.75 Å². The Kier molecular flexibility index (Phi) is 5.99. The zero-order valence-corrected chi connectivity index (χ0v) is 18.1. The largest absolute Gasteiger partial charge is 0.503 e. The molecule has 1 N–H and O–H groups in total. The Morgan fingerprint density at radius 1 is 1.12 bits per heavy atom. The van der Waals surface area contributed by atoms with Crippen LogP contribution in [-0.2, 0) is 17.5 Å². The third-order valence-electron chi connectivity index (χ3n) is 5.33. The third-order valence-corrected chi connectivity index (χ3v) is 6.20. The van der Waals surface area contributed by atoms with E-state index >= 15 is 0 Å². The maximum Gasteiger partial charge on any atom is 0.416 e. The van der Waals surface area contributed by atoms with Crippen LogP contribution in [0.25, 0.3) is 0 Å². The molecule has 1 aromatic heterocycles. The molecule has 3 aromatic rings. The van der Waals surface area contributed by atoms with Crippen LogP contribution in [0.3, 0.4) is 0 Å². The van der Waals surface area contributed by atoms with E-state index in [-0.39, 0.29) is 17.7 Å². The molecule has 0 fully saturated rings. The summed E-state index contributed by atoms with van der Waals surface area (Å²) in [5.74, 6) is -1.50. The van der Waals surface area contributed by atoms with Crippen molar-refractivity contribution >= 4 is 23.0 Å². The monoisotopic (exact) mass is 473 g/mol. The molecule has 0 radical (unpaired) electrons. The van der Waals surface area contributed by atoms with E-state index in [0.717, 1.165) is 23.5 Å². The second kappa shape index (κ2) is 8.74. The van der Waals surface area contributed by atoms with Crippen molar-refractivity contribution in [1.82, 2.24) is 4.90 Å². The molecule has 5 nitrogen and oxygen atoms in total. The van der Waals surface area contributed by atoms with Gasteiger partial charge in [-0.25, -0.2) is 0 Å². The Labute approximate surface area is 191 Å². The fourth-order valence-corrected chi connectivity index (χ4v) is 4.44. The number of rotatable bonds is 6. The molecule has 0 saturated carbocycles. The number of Topliss-reactive ketones (excluding diaryl/α,β-unsaturated/α-hetero) is 1. The maximum atomic E-state index is 13.2. The van der Waals surface area contributed by atoms with Gasteiger partial charge in [-0.1, -0.05) is 30.3 Å². The Bertz CT molecular complexity index is 1220. The number of ketones is 1. The SMILES string of the molecule is COc1ccc(C2C(C(=O)c3cccs3)=C(O)C(=O)N2Cc2cccc(C(F)(F)F)c2)cc1. The zero-order chi connectivity index (χ0) is 23.8. The van der Waals surface area contributed by atoms with E-state index in [1.165, 1.54) is 24.1 Å². The van der Waals surface area contributed by atoms with Gasteiger partial charge in [0.05, 0.1) is 29.2 Å². The number of ether oxygens (including phenoxy) is 1. The van der Waals surface area contributed by atoms with E-state index in [1.807, 2.05) is 0 Å². The molecule has 33 heavy (non-hydrogen) atoms. The van der Waals surface area contributed by atoms with E-state index in [0.29, 0.717) is 16.2 Å². The number of thiophene rings is 1. The molecule has 1 amide bonds. The van der Waals surface area contributed by atoms with E-state index in [4.69, 9.17) is 4.74 Å². The van der Waals surface area contributed by atoms with Crippen LogP contribution in [0.2, 0.25) is 0 Å². The fourth-order valence-electron chi connectivity index (χ4n) is 3.76. The first-order valence-electron chi connectivity index (χ1n) is 9.83. The third kappa shape index (κ3) is 4.36. The quantitative estimate of drug-likeness (QED) is 0.477. The molecule has 0 saturated heterocycles. The second-order valence-corrected chi connectivity index (χ2v) is 8.32. The number of benzene rings is 2. The van der Waals surface area contributed by atoms with E-state index in [2.05, 4.69) is 0 Å². The van der Waals surface area contributed by atoms with Gasteiger partial charge in [0.25, 0.3) is 5.91 Å². The molecular formula is C24H18F3NO4S. The summed E-state index contributed by atoms with van der Waals surface area (Å²) in [7, 11) is 1.49. The van der Waals surface area contributed by atoms with Crippen LogP contribution < -0.4 is 4.74 Å². The van der Waals surface area contributed by atoms with Gasteiger partial charge < -0.3 is 14.7 Å². The number of aliphatic hydroxyl groups excluding tert-OH is 1. The van der Waals surface area contributed by atoms with Gasteiger partial charge in [0.2, 0.25) is 5.78 Å². The number of methoxy groups -OCH3 is 1. The average Bonchev–Trinajstić information content (AvgIpc) is 3.42. The van der Waals surface area contributed by atoms with Gasteiger partial charge in [-0.3, -0.25) is 9.59 Å². The summed E-state index contributed by atoms with van der Waals surface area (Å²) in [6.07, 6.45) is -4.54. The van der Waals surface area contributed by atoms with Crippen molar-refractivity contribution in [2.24, 2.45) is 0 Å². The molecular weight excluding hydrogens is 455 g/mol. The van der Waals surface area contributed by atoms with Crippen LogP contribution in [-0.4, -0.2) is 28.8 Å². The summed E-state index contributed by atoms with van der Waals surface area (Å²) in [5, 5.41) is 12.4. The van der Waals surface area contributed by atoms with Crippen LogP contribution in [0.1, 0.15) is 32.4 Å². The van der Waals surface area contributed by atoms with Crippen LogP contribution in [0.4, 0.5) is 13.2 Å². The highest BCUT2D eigenvalue weighted by Crippen LogP contribution is 2.41. The normalized spacial score (nSPS) is 16.4. The summed E-state index contributed by atoms with van der Waals surface area (Å²) in [4.78, 5) is 27.7.